The number of para-hydroxylation sites is 3. The zero-order valence-corrected chi connectivity index (χ0v) is 38.6. The minimum atomic E-state index is -2.88. The lowest BCUT2D eigenvalue weighted by molar-refractivity contribution is 0.332. The molecule has 9 aromatic carbocycles. The van der Waals surface area contributed by atoms with Crippen LogP contribution in [0.3, 0.4) is 0 Å². The normalized spacial score (nSPS) is 14.6. The van der Waals surface area contributed by atoms with E-state index in [0.717, 1.165) is 0 Å². The van der Waals surface area contributed by atoms with Gasteiger partial charge in [-0.15, -0.1) is 0 Å². The van der Waals surface area contributed by atoms with Crippen molar-refractivity contribution in [3.05, 3.63) is 230 Å². The van der Waals surface area contributed by atoms with Gasteiger partial charge in [-0.05, 0) is 127 Å². The molecular weight excluding hydrogens is 801 g/mol. The molecule has 0 bridgehead atoms. The van der Waals surface area contributed by atoms with Crippen LogP contribution in [0.4, 0.5) is 0 Å². The number of fused-ring (bicyclic) bond motifs is 7. The number of hydrogen-bond donors (Lipinski definition) is 0. The first-order valence-corrected chi connectivity index (χ1v) is 25.2. The fourth-order valence-corrected chi connectivity index (χ4v) is 16.3. The first kappa shape index (κ1) is 39.4. The van der Waals surface area contributed by atoms with Crippen molar-refractivity contribution in [3.8, 4) is 22.5 Å². The Labute approximate surface area is 383 Å². The second-order valence-corrected chi connectivity index (χ2v) is 23.4. The highest BCUT2D eigenvalue weighted by Crippen LogP contribution is 2.46. The Morgan fingerprint density at radius 1 is 0.323 bits per heavy atom. The van der Waals surface area contributed by atoms with Crippen LogP contribution in [0.2, 0.25) is 0 Å². The first-order chi connectivity index (χ1) is 31.7. The van der Waals surface area contributed by atoms with Crippen LogP contribution in [0.1, 0.15) is 51.7 Å². The standard InChI is InChI=1S/C62H52N2Si/c1-61(2)37-38-62(3,4)56-42-50(33-34-55(56)61)65(47-22-10-6-11-23-47,48-24-12-7-13-25-48)49-26-18-21-46(41-49)64-58-30-17-15-28-52(58)54-40-44(32-36-60(54)64)43-31-35-59-53(39-43)51-27-14-16-29-57(51)63(59)45-19-8-5-9-20-45/h5-36,39-42H,37-38H2,1-4H3. The van der Waals surface area contributed by atoms with Gasteiger partial charge in [0.1, 0.15) is 0 Å². The summed E-state index contributed by atoms with van der Waals surface area (Å²) in [6.45, 7) is 9.77. The average Bonchev–Trinajstić information content (AvgIpc) is 3.87. The Morgan fingerprint density at radius 2 is 0.754 bits per heavy atom. The van der Waals surface area contributed by atoms with Gasteiger partial charge in [-0.1, -0.05) is 185 Å². The molecule has 3 heteroatoms. The molecule has 0 amide bonds. The van der Waals surface area contributed by atoms with Gasteiger partial charge in [-0.2, -0.15) is 0 Å². The lowest BCUT2D eigenvalue weighted by Crippen LogP contribution is -2.75. The van der Waals surface area contributed by atoms with E-state index >= 15 is 0 Å². The van der Waals surface area contributed by atoms with E-state index in [1.807, 2.05) is 0 Å². The maximum absolute atomic E-state index is 2.88. The molecular formula is C62H52N2Si. The van der Waals surface area contributed by atoms with Crippen LogP contribution in [0.5, 0.6) is 0 Å². The summed E-state index contributed by atoms with van der Waals surface area (Å²) >= 11 is 0. The summed E-state index contributed by atoms with van der Waals surface area (Å²) in [5.74, 6) is 0. The number of nitrogens with zero attached hydrogens (tertiary/aromatic N) is 2. The molecule has 2 nitrogen and oxygen atoms in total. The van der Waals surface area contributed by atoms with Crippen molar-refractivity contribution in [1.29, 1.82) is 0 Å². The van der Waals surface area contributed by atoms with Crippen LogP contribution >= 0.6 is 0 Å². The molecule has 65 heavy (non-hydrogen) atoms. The molecule has 0 N–H and O–H groups in total. The highest BCUT2D eigenvalue weighted by atomic mass is 28.3. The van der Waals surface area contributed by atoms with E-state index < -0.39 is 8.07 Å². The number of aromatic nitrogens is 2. The smallest absolute Gasteiger partial charge is 0.179 e. The van der Waals surface area contributed by atoms with Crippen molar-refractivity contribution in [2.24, 2.45) is 0 Å². The summed E-state index contributed by atoms with van der Waals surface area (Å²) < 4.78 is 4.89. The molecule has 12 rings (SSSR count). The van der Waals surface area contributed by atoms with Crippen LogP contribution in [0.15, 0.2) is 218 Å². The molecule has 314 valence electrons. The third kappa shape index (κ3) is 6.13. The molecule has 2 aromatic heterocycles. The van der Waals surface area contributed by atoms with E-state index in [-0.39, 0.29) is 10.8 Å². The second-order valence-electron chi connectivity index (χ2n) is 19.6. The number of rotatable bonds is 7. The summed E-state index contributed by atoms with van der Waals surface area (Å²) in [5, 5.41) is 10.6. The Balaban J connectivity index is 1.05. The SMILES string of the molecule is CC1(C)CCC(C)(C)c2cc([Si](c3ccccc3)(c3ccccc3)c3cccc(-n4c5ccccc5c5cc(-c6ccc7c(c6)c6ccccc6n7-c6ccccc6)ccc54)c3)ccc21. The van der Waals surface area contributed by atoms with E-state index in [1.54, 1.807) is 0 Å². The predicted molar refractivity (Wildman–Crippen MR) is 279 cm³/mol. The molecule has 0 unspecified atom stereocenters. The monoisotopic (exact) mass is 852 g/mol. The Bertz CT molecular complexity index is 3550. The van der Waals surface area contributed by atoms with E-state index in [9.17, 15) is 0 Å². The van der Waals surface area contributed by atoms with E-state index in [2.05, 4.69) is 255 Å². The maximum atomic E-state index is 2.63. The number of benzene rings is 9. The Morgan fingerprint density at radius 3 is 1.32 bits per heavy atom. The van der Waals surface area contributed by atoms with Gasteiger partial charge in [0, 0.05) is 32.9 Å². The lowest BCUT2D eigenvalue weighted by Gasteiger charge is -2.43. The van der Waals surface area contributed by atoms with Crippen molar-refractivity contribution >= 4 is 72.4 Å². The Kier molecular flexibility index (Phi) is 9.05. The van der Waals surface area contributed by atoms with Gasteiger partial charge < -0.3 is 9.13 Å². The minimum absolute atomic E-state index is 0.0881. The topological polar surface area (TPSA) is 9.86 Å². The van der Waals surface area contributed by atoms with Gasteiger partial charge in [0.2, 0.25) is 0 Å². The molecule has 0 radical (unpaired) electrons. The Hall–Kier alpha value is -7.20. The molecule has 0 fully saturated rings. The van der Waals surface area contributed by atoms with E-state index in [0.29, 0.717) is 0 Å². The van der Waals surface area contributed by atoms with Crippen molar-refractivity contribution in [1.82, 2.24) is 9.13 Å². The molecule has 1 aliphatic carbocycles. The van der Waals surface area contributed by atoms with Crippen molar-refractivity contribution in [3.63, 3.8) is 0 Å². The molecule has 2 heterocycles. The highest BCUT2D eigenvalue weighted by molar-refractivity contribution is 7.20. The zero-order valence-electron chi connectivity index (χ0n) is 37.6. The quantitative estimate of drug-likeness (QED) is 0.112. The maximum Gasteiger partial charge on any atom is 0.179 e. The highest BCUT2D eigenvalue weighted by Gasteiger charge is 2.44. The average molecular weight is 853 g/mol. The van der Waals surface area contributed by atoms with Gasteiger partial charge in [-0.3, -0.25) is 0 Å². The summed E-state index contributed by atoms with van der Waals surface area (Å²) in [6, 6.07) is 82.5. The molecule has 0 atom stereocenters. The molecule has 0 saturated heterocycles. The third-order valence-corrected chi connectivity index (χ3v) is 19.7. The van der Waals surface area contributed by atoms with Crippen LogP contribution < -0.4 is 20.7 Å². The van der Waals surface area contributed by atoms with Crippen LogP contribution in [-0.2, 0) is 10.8 Å². The summed E-state index contributed by atoms with van der Waals surface area (Å²) in [7, 11) is -2.88. The van der Waals surface area contributed by atoms with E-state index in [1.165, 1.54) is 111 Å². The molecule has 0 aliphatic heterocycles. The van der Waals surface area contributed by atoms with Crippen LogP contribution in [0, 0.1) is 0 Å². The number of hydrogen-bond acceptors (Lipinski definition) is 0. The molecule has 0 saturated carbocycles. The third-order valence-electron chi connectivity index (χ3n) is 14.9. The minimum Gasteiger partial charge on any atom is -0.309 e. The fourth-order valence-electron chi connectivity index (χ4n) is 11.5. The predicted octanol–water partition coefficient (Wildman–Crippen LogP) is 13.3. The van der Waals surface area contributed by atoms with Gasteiger partial charge in [0.15, 0.2) is 8.07 Å². The second kappa shape index (κ2) is 14.9. The van der Waals surface area contributed by atoms with Gasteiger partial charge in [0.25, 0.3) is 0 Å². The van der Waals surface area contributed by atoms with Crippen molar-refractivity contribution in [2.75, 3.05) is 0 Å². The largest absolute Gasteiger partial charge is 0.309 e. The van der Waals surface area contributed by atoms with Crippen molar-refractivity contribution in [2.45, 2.75) is 51.4 Å². The van der Waals surface area contributed by atoms with Gasteiger partial charge in [0.05, 0.1) is 22.1 Å². The lowest BCUT2D eigenvalue weighted by atomic mass is 9.63. The van der Waals surface area contributed by atoms with Crippen molar-refractivity contribution < 1.29 is 0 Å². The summed E-state index contributed by atoms with van der Waals surface area (Å²) in [6.07, 6.45) is 2.38. The van der Waals surface area contributed by atoms with Gasteiger partial charge in [-0.25, -0.2) is 0 Å². The fraction of sp³-hybridized carbons (Fsp3) is 0.129. The summed E-state index contributed by atoms with van der Waals surface area (Å²) in [4.78, 5) is 0. The molecule has 1 aliphatic rings. The van der Waals surface area contributed by atoms with Crippen LogP contribution in [0.25, 0.3) is 66.1 Å². The van der Waals surface area contributed by atoms with Crippen LogP contribution in [-0.4, -0.2) is 17.2 Å². The first-order valence-electron chi connectivity index (χ1n) is 23.2. The molecule has 0 spiro atoms. The van der Waals surface area contributed by atoms with E-state index in [4.69, 9.17) is 0 Å². The summed E-state index contributed by atoms with van der Waals surface area (Å²) in [5.41, 5.74) is 12.9. The zero-order chi connectivity index (χ0) is 43.9. The van der Waals surface area contributed by atoms with Gasteiger partial charge >= 0.3 is 0 Å². The molecule has 11 aromatic rings.